The van der Waals surface area contributed by atoms with Crippen LogP contribution in [-0.4, -0.2) is 9.55 Å². The summed E-state index contributed by atoms with van der Waals surface area (Å²) in [5.41, 5.74) is 17.2. The van der Waals surface area contributed by atoms with E-state index in [1.807, 2.05) is 12.3 Å². The van der Waals surface area contributed by atoms with E-state index in [0.29, 0.717) is 11.5 Å². The van der Waals surface area contributed by atoms with Gasteiger partial charge in [0.2, 0.25) is 0 Å². The molecule has 380 valence electrons. The van der Waals surface area contributed by atoms with Crippen molar-refractivity contribution in [1.29, 1.82) is 0 Å². The summed E-state index contributed by atoms with van der Waals surface area (Å²) in [6.45, 7) is 15.8. The van der Waals surface area contributed by atoms with Gasteiger partial charge in [0.05, 0.1) is 0 Å². The first-order valence-electron chi connectivity index (χ1n) is 26.3. The van der Waals surface area contributed by atoms with Crippen molar-refractivity contribution < 1.29 is 25.8 Å². The van der Waals surface area contributed by atoms with E-state index in [1.165, 1.54) is 38.9 Å². The molecule has 0 fully saturated rings. The molecule has 11 aromatic rings. The number of fused-ring (bicyclic) bond motifs is 6. The van der Waals surface area contributed by atoms with Crippen LogP contribution in [0.1, 0.15) is 74.9 Å². The molecular formula is C71H57N4OPt-3. The molecule has 1 aliphatic carbocycles. The molecule has 5 nitrogen and oxygen atoms in total. The van der Waals surface area contributed by atoms with E-state index < -0.39 is 5.41 Å². The van der Waals surface area contributed by atoms with Crippen molar-refractivity contribution in [2.45, 2.75) is 57.8 Å². The zero-order chi connectivity index (χ0) is 51.8. The molecule has 3 heterocycles. The molecule has 0 amide bonds. The first-order valence-corrected chi connectivity index (χ1v) is 26.3. The molecule has 1 aliphatic heterocycles. The second-order valence-corrected chi connectivity index (χ2v) is 22.1. The summed E-state index contributed by atoms with van der Waals surface area (Å²) in [5.74, 6) is 1.98. The second-order valence-electron chi connectivity index (χ2n) is 22.1. The summed E-state index contributed by atoms with van der Waals surface area (Å²) in [5, 5.41) is 2.20. The van der Waals surface area contributed by atoms with Gasteiger partial charge in [-0.1, -0.05) is 205 Å². The molecule has 0 radical (unpaired) electrons. The fraction of sp³-hybridized carbons (Fsp3) is 0.127. The molecule has 0 N–H and O–H groups in total. The Kier molecular flexibility index (Phi) is 12.5. The van der Waals surface area contributed by atoms with Gasteiger partial charge in [-0.2, -0.15) is 6.07 Å². The van der Waals surface area contributed by atoms with Crippen LogP contribution in [-0.2, 0) is 37.3 Å². The van der Waals surface area contributed by atoms with Crippen LogP contribution in [0.5, 0.6) is 11.5 Å². The fourth-order valence-corrected chi connectivity index (χ4v) is 11.6. The first kappa shape index (κ1) is 49.6. The number of hydrogen-bond donors (Lipinski definition) is 0. The molecule has 0 spiro atoms. The summed E-state index contributed by atoms with van der Waals surface area (Å²) < 4.78 is 9.41. The Morgan fingerprint density at radius 1 is 0.481 bits per heavy atom. The Bertz CT molecular complexity index is 3930. The van der Waals surface area contributed by atoms with Crippen LogP contribution in [0.4, 0.5) is 11.4 Å². The average molecular weight is 1180 g/mol. The Morgan fingerprint density at radius 2 is 1.05 bits per heavy atom. The molecule has 6 heteroatoms. The predicted molar refractivity (Wildman–Crippen MR) is 313 cm³/mol. The SMILES string of the molecule is CC(C)(C)c1ccnc(-n2c3[c-]c(Oc4[c-]c(N5C=CN(c6c(-c7ccccc7)cc(C(C)(C)C)cc6-c6ccccc6)[CH-]5)cc(C5(c6ccccc6)c6ccccc6-c6ccccc65)c4)ccc3c3ccccc32)c1.[Pt]. The van der Waals surface area contributed by atoms with Gasteiger partial charge in [-0.15, -0.1) is 53.6 Å². The molecule has 0 unspecified atom stereocenters. The van der Waals surface area contributed by atoms with Crippen LogP contribution in [0.15, 0.2) is 231 Å². The van der Waals surface area contributed by atoms with Crippen LogP contribution in [0.2, 0.25) is 0 Å². The van der Waals surface area contributed by atoms with Crippen molar-refractivity contribution in [2.24, 2.45) is 0 Å². The molecule has 0 saturated heterocycles. The Labute approximate surface area is 467 Å². The average Bonchev–Trinajstić information content (AvgIpc) is 4.35. The van der Waals surface area contributed by atoms with Crippen molar-refractivity contribution in [2.75, 3.05) is 9.80 Å². The maximum atomic E-state index is 7.20. The van der Waals surface area contributed by atoms with Gasteiger partial charge < -0.3 is 19.1 Å². The van der Waals surface area contributed by atoms with Crippen molar-refractivity contribution in [3.05, 3.63) is 283 Å². The van der Waals surface area contributed by atoms with E-state index in [0.717, 1.165) is 66.8 Å². The number of aromatic nitrogens is 2. The van der Waals surface area contributed by atoms with Crippen LogP contribution in [0.25, 0.3) is 61.0 Å². The second kappa shape index (κ2) is 19.4. The fourth-order valence-electron chi connectivity index (χ4n) is 11.6. The number of para-hydroxylation sites is 1. The van der Waals surface area contributed by atoms with Crippen molar-refractivity contribution in [1.82, 2.24) is 9.55 Å². The van der Waals surface area contributed by atoms with E-state index in [9.17, 15) is 0 Å². The molecule has 0 saturated carbocycles. The number of nitrogens with zero attached hydrogens (tertiary/aromatic N) is 4. The summed E-state index contributed by atoms with van der Waals surface area (Å²) in [6, 6.07) is 84.0. The van der Waals surface area contributed by atoms with Crippen molar-refractivity contribution in [3.63, 3.8) is 0 Å². The number of hydrogen-bond acceptors (Lipinski definition) is 4. The molecule has 2 aliphatic rings. The monoisotopic (exact) mass is 1180 g/mol. The Balaban J connectivity index is 0.00000596. The van der Waals surface area contributed by atoms with Crippen LogP contribution < -0.4 is 14.5 Å². The van der Waals surface area contributed by atoms with Gasteiger partial charge in [0.1, 0.15) is 5.82 Å². The van der Waals surface area contributed by atoms with Crippen LogP contribution >= 0.6 is 0 Å². The Morgan fingerprint density at radius 3 is 1.69 bits per heavy atom. The van der Waals surface area contributed by atoms with E-state index in [1.54, 1.807) is 0 Å². The molecule has 2 aromatic heterocycles. The third-order valence-corrected chi connectivity index (χ3v) is 15.4. The third-order valence-electron chi connectivity index (χ3n) is 15.4. The minimum absolute atomic E-state index is 0. The first-order chi connectivity index (χ1) is 36.9. The standard InChI is InChI=1S/C71H57N4O.Pt/c1-69(2,3)51-36-37-72-67(44-51)75-65-33-21-18-30-59(65)60-35-34-55(46-66(60)75)76-56-41-53(71(50-26-14-9-15-27-50)63-31-19-16-28-57(63)58-29-17-20-32-64(58)71)40-54(45-56)73-38-39-74(47-73)68-61(48-22-10-7-11-23-48)42-52(70(4,5)6)43-62(68)49-24-12-8-13-25-49;/h7-44,47H,1-6H3;/q-3;. The summed E-state index contributed by atoms with van der Waals surface area (Å²) in [4.78, 5) is 9.41. The van der Waals surface area contributed by atoms with E-state index in [2.05, 4.69) is 293 Å². The zero-order valence-electron chi connectivity index (χ0n) is 44.0. The molecular weight excluding hydrogens is 1120 g/mol. The minimum atomic E-state index is -0.701. The molecule has 13 rings (SSSR count). The van der Waals surface area contributed by atoms with Gasteiger partial charge in [-0.25, -0.2) is 4.98 Å². The molecule has 9 aromatic carbocycles. The van der Waals surface area contributed by atoms with E-state index in [4.69, 9.17) is 9.72 Å². The van der Waals surface area contributed by atoms with Gasteiger partial charge in [0.15, 0.2) is 0 Å². The number of ether oxygens (including phenoxy) is 1. The smallest absolute Gasteiger partial charge is 0.135 e. The summed E-state index contributed by atoms with van der Waals surface area (Å²) in [7, 11) is 0. The van der Waals surface area contributed by atoms with Gasteiger partial charge in [-0.05, 0) is 109 Å². The number of rotatable bonds is 9. The molecule has 0 atom stereocenters. The molecule has 77 heavy (non-hydrogen) atoms. The van der Waals surface area contributed by atoms with Gasteiger partial charge in [-0.3, -0.25) is 0 Å². The van der Waals surface area contributed by atoms with Gasteiger partial charge in [0, 0.05) is 66.5 Å². The normalized spacial score (nSPS) is 13.7. The summed E-state index contributed by atoms with van der Waals surface area (Å²) in [6.07, 6.45) is 6.22. The van der Waals surface area contributed by atoms with Crippen molar-refractivity contribution >= 4 is 33.2 Å². The zero-order valence-corrected chi connectivity index (χ0v) is 46.3. The van der Waals surface area contributed by atoms with Crippen molar-refractivity contribution in [3.8, 4) is 50.7 Å². The molecule has 0 bridgehead atoms. The quantitative estimate of drug-likeness (QED) is 0.135. The maximum absolute atomic E-state index is 7.20. The number of pyridine rings is 1. The van der Waals surface area contributed by atoms with E-state index >= 15 is 0 Å². The maximum Gasteiger partial charge on any atom is 0.135 e. The minimum Gasteiger partial charge on any atom is -0.509 e. The summed E-state index contributed by atoms with van der Waals surface area (Å²) >= 11 is 0. The van der Waals surface area contributed by atoms with Gasteiger partial charge >= 0.3 is 0 Å². The number of benzene rings is 9. The van der Waals surface area contributed by atoms with Crippen LogP contribution in [0.3, 0.4) is 0 Å². The van der Waals surface area contributed by atoms with Gasteiger partial charge in [0.25, 0.3) is 0 Å². The van der Waals surface area contributed by atoms with E-state index in [-0.39, 0.29) is 31.9 Å². The third kappa shape index (κ3) is 8.58. The Hall–Kier alpha value is -8.24. The van der Waals surface area contributed by atoms with Crippen LogP contribution in [0, 0.1) is 18.8 Å². The number of anilines is 2. The largest absolute Gasteiger partial charge is 0.509 e. The predicted octanol–water partition coefficient (Wildman–Crippen LogP) is 17.8. The topological polar surface area (TPSA) is 33.5 Å².